The van der Waals surface area contributed by atoms with E-state index in [1.807, 2.05) is 6.92 Å². The van der Waals surface area contributed by atoms with E-state index >= 15 is 0 Å². The molecular formula is C13H20N2OS. The third kappa shape index (κ3) is 3.80. The number of hydrogen-bond donors (Lipinski definition) is 1. The van der Waals surface area contributed by atoms with E-state index in [0.29, 0.717) is 0 Å². The molecule has 0 bridgehead atoms. The van der Waals surface area contributed by atoms with E-state index in [1.54, 1.807) is 11.3 Å². The average Bonchev–Trinajstić information content (AvgIpc) is 2.95. The molecule has 1 saturated carbocycles. The van der Waals surface area contributed by atoms with E-state index in [1.165, 1.54) is 17.8 Å². The highest BCUT2D eigenvalue weighted by molar-refractivity contribution is 7.09. The van der Waals surface area contributed by atoms with Crippen molar-refractivity contribution >= 4 is 17.2 Å². The molecule has 0 radical (unpaired) electrons. The van der Waals surface area contributed by atoms with Gasteiger partial charge in [-0.1, -0.05) is 12.8 Å². The van der Waals surface area contributed by atoms with Crippen LogP contribution in [0.1, 0.15) is 42.8 Å². The number of nitrogens with one attached hydrogen (secondary N) is 1. The van der Waals surface area contributed by atoms with Crippen LogP contribution in [0.3, 0.4) is 0 Å². The van der Waals surface area contributed by atoms with Crippen molar-refractivity contribution in [3.8, 4) is 0 Å². The molecule has 2 rings (SSSR count). The summed E-state index contributed by atoms with van der Waals surface area (Å²) in [5, 5.41) is 6.29. The maximum Gasteiger partial charge on any atom is 0.223 e. The fourth-order valence-corrected chi connectivity index (χ4v) is 3.12. The van der Waals surface area contributed by atoms with E-state index in [4.69, 9.17) is 0 Å². The molecule has 94 valence electrons. The second-order valence-electron chi connectivity index (χ2n) is 4.76. The maximum absolute atomic E-state index is 11.7. The lowest BCUT2D eigenvalue weighted by molar-refractivity contribution is -0.124. The van der Waals surface area contributed by atoms with Gasteiger partial charge in [-0.2, -0.15) is 0 Å². The van der Waals surface area contributed by atoms with Crippen LogP contribution in [0.15, 0.2) is 5.38 Å². The van der Waals surface area contributed by atoms with E-state index in [0.717, 1.165) is 37.9 Å². The first kappa shape index (κ1) is 12.6. The maximum atomic E-state index is 11.7. The number of thiazole rings is 1. The summed E-state index contributed by atoms with van der Waals surface area (Å²) in [4.78, 5) is 16.1. The molecule has 1 fully saturated rings. The lowest BCUT2D eigenvalue weighted by Crippen LogP contribution is -2.30. The zero-order valence-electron chi connectivity index (χ0n) is 10.4. The zero-order chi connectivity index (χ0) is 12.1. The highest BCUT2D eigenvalue weighted by Crippen LogP contribution is 2.24. The molecule has 1 aliphatic carbocycles. The van der Waals surface area contributed by atoms with Gasteiger partial charge in [-0.3, -0.25) is 4.79 Å². The Morgan fingerprint density at radius 2 is 2.29 bits per heavy atom. The van der Waals surface area contributed by atoms with Crippen molar-refractivity contribution in [2.75, 3.05) is 6.54 Å². The van der Waals surface area contributed by atoms with Gasteiger partial charge in [0.05, 0.1) is 5.01 Å². The van der Waals surface area contributed by atoms with Crippen LogP contribution in [0.4, 0.5) is 0 Å². The Kier molecular flexibility index (Phi) is 4.54. The van der Waals surface area contributed by atoms with Gasteiger partial charge in [0.25, 0.3) is 0 Å². The van der Waals surface area contributed by atoms with Crippen molar-refractivity contribution in [2.45, 2.75) is 45.4 Å². The number of hydrogen-bond acceptors (Lipinski definition) is 3. The Bertz CT molecular complexity index is 369. The molecule has 0 atom stereocenters. The molecule has 3 nitrogen and oxygen atoms in total. The van der Waals surface area contributed by atoms with Gasteiger partial charge in [-0.15, -0.1) is 11.3 Å². The van der Waals surface area contributed by atoms with Gasteiger partial charge in [0.1, 0.15) is 0 Å². The number of amides is 1. The summed E-state index contributed by atoms with van der Waals surface area (Å²) < 4.78 is 0. The van der Waals surface area contributed by atoms with Crippen LogP contribution in [-0.4, -0.2) is 17.4 Å². The monoisotopic (exact) mass is 252 g/mol. The lowest BCUT2D eigenvalue weighted by Gasteiger charge is -2.09. The van der Waals surface area contributed by atoms with Crippen LogP contribution in [0, 0.1) is 12.8 Å². The standard InChI is InChI=1S/C13H20N2OS/c1-10-9-17-12(15-10)7-4-8-14-13(16)11-5-2-3-6-11/h9,11H,2-8H2,1H3,(H,14,16). The van der Waals surface area contributed by atoms with Crippen molar-refractivity contribution in [1.82, 2.24) is 10.3 Å². The molecule has 0 aliphatic heterocycles. The Hall–Kier alpha value is -0.900. The minimum Gasteiger partial charge on any atom is -0.356 e. The molecule has 1 heterocycles. The Morgan fingerprint density at radius 1 is 1.53 bits per heavy atom. The van der Waals surface area contributed by atoms with E-state index in [-0.39, 0.29) is 11.8 Å². The van der Waals surface area contributed by atoms with E-state index in [2.05, 4.69) is 15.7 Å². The molecule has 1 aromatic heterocycles. The van der Waals surface area contributed by atoms with Gasteiger partial charge in [0, 0.05) is 30.0 Å². The van der Waals surface area contributed by atoms with Gasteiger partial charge < -0.3 is 5.32 Å². The second kappa shape index (κ2) is 6.15. The minimum atomic E-state index is 0.262. The number of rotatable bonds is 5. The first-order valence-electron chi connectivity index (χ1n) is 6.44. The van der Waals surface area contributed by atoms with Crippen molar-refractivity contribution in [2.24, 2.45) is 5.92 Å². The second-order valence-corrected chi connectivity index (χ2v) is 5.70. The van der Waals surface area contributed by atoms with Crippen LogP contribution in [0.2, 0.25) is 0 Å². The van der Waals surface area contributed by atoms with Crippen LogP contribution in [0.25, 0.3) is 0 Å². The zero-order valence-corrected chi connectivity index (χ0v) is 11.2. The third-order valence-electron chi connectivity index (χ3n) is 3.26. The molecular weight excluding hydrogens is 232 g/mol. The van der Waals surface area contributed by atoms with Crippen molar-refractivity contribution in [1.29, 1.82) is 0 Å². The predicted molar refractivity (Wildman–Crippen MR) is 70.1 cm³/mol. The number of nitrogens with zero attached hydrogens (tertiary/aromatic N) is 1. The fraction of sp³-hybridized carbons (Fsp3) is 0.692. The summed E-state index contributed by atoms with van der Waals surface area (Å²) in [5.74, 6) is 0.551. The van der Waals surface area contributed by atoms with Crippen molar-refractivity contribution in [3.05, 3.63) is 16.1 Å². The Balaban J connectivity index is 1.61. The molecule has 1 amide bonds. The SMILES string of the molecule is Cc1csc(CCCNC(=O)C2CCCC2)n1. The summed E-state index contributed by atoms with van der Waals surface area (Å²) in [5.41, 5.74) is 1.10. The van der Waals surface area contributed by atoms with Crippen molar-refractivity contribution < 1.29 is 4.79 Å². The molecule has 1 aliphatic rings. The van der Waals surface area contributed by atoms with Gasteiger partial charge >= 0.3 is 0 Å². The fourth-order valence-electron chi connectivity index (χ4n) is 2.30. The van der Waals surface area contributed by atoms with Crippen LogP contribution in [-0.2, 0) is 11.2 Å². The van der Waals surface area contributed by atoms with Gasteiger partial charge in [0.2, 0.25) is 5.91 Å². The summed E-state index contributed by atoms with van der Waals surface area (Å²) in [6.07, 6.45) is 6.57. The molecule has 17 heavy (non-hydrogen) atoms. The summed E-state index contributed by atoms with van der Waals surface area (Å²) >= 11 is 1.71. The molecule has 1 N–H and O–H groups in total. The number of aryl methyl sites for hydroxylation is 2. The van der Waals surface area contributed by atoms with E-state index in [9.17, 15) is 4.79 Å². The number of carbonyl (C=O) groups is 1. The Labute approximate surface area is 107 Å². The summed E-state index contributed by atoms with van der Waals surface area (Å²) in [7, 11) is 0. The topological polar surface area (TPSA) is 42.0 Å². The average molecular weight is 252 g/mol. The summed E-state index contributed by atoms with van der Waals surface area (Å²) in [6, 6.07) is 0. The lowest BCUT2D eigenvalue weighted by atomic mass is 10.1. The predicted octanol–water partition coefficient (Wildman–Crippen LogP) is 2.69. The van der Waals surface area contributed by atoms with Crippen LogP contribution < -0.4 is 5.32 Å². The largest absolute Gasteiger partial charge is 0.356 e. The Morgan fingerprint density at radius 3 is 2.94 bits per heavy atom. The smallest absolute Gasteiger partial charge is 0.223 e. The van der Waals surface area contributed by atoms with Gasteiger partial charge in [-0.05, 0) is 26.2 Å². The first-order chi connectivity index (χ1) is 8.25. The minimum absolute atomic E-state index is 0.262. The van der Waals surface area contributed by atoms with Crippen molar-refractivity contribution in [3.63, 3.8) is 0 Å². The normalized spacial score (nSPS) is 16.3. The molecule has 0 aromatic carbocycles. The number of aromatic nitrogens is 1. The molecule has 0 unspecified atom stereocenters. The summed E-state index contributed by atoms with van der Waals surface area (Å²) in [6.45, 7) is 2.80. The van der Waals surface area contributed by atoms with Crippen LogP contribution >= 0.6 is 11.3 Å². The highest BCUT2D eigenvalue weighted by Gasteiger charge is 2.21. The molecule has 0 spiro atoms. The molecule has 4 heteroatoms. The van der Waals surface area contributed by atoms with Gasteiger partial charge in [-0.25, -0.2) is 4.98 Å². The van der Waals surface area contributed by atoms with E-state index < -0.39 is 0 Å². The third-order valence-corrected chi connectivity index (χ3v) is 4.29. The first-order valence-corrected chi connectivity index (χ1v) is 7.32. The quantitative estimate of drug-likeness (QED) is 0.819. The number of carbonyl (C=O) groups excluding carboxylic acids is 1. The molecule has 0 saturated heterocycles. The van der Waals surface area contributed by atoms with Crippen LogP contribution in [0.5, 0.6) is 0 Å². The van der Waals surface area contributed by atoms with Gasteiger partial charge in [0.15, 0.2) is 0 Å². The molecule has 1 aromatic rings. The highest BCUT2D eigenvalue weighted by atomic mass is 32.1.